The molecule has 1 aliphatic rings. The second-order valence-electron chi connectivity index (χ2n) is 7.53. The van der Waals surface area contributed by atoms with E-state index in [4.69, 9.17) is 9.73 Å². The van der Waals surface area contributed by atoms with Crippen LogP contribution in [0.1, 0.15) is 37.8 Å². The molecule has 0 amide bonds. The second kappa shape index (κ2) is 8.87. The van der Waals surface area contributed by atoms with Gasteiger partial charge in [0.25, 0.3) is 0 Å². The molecule has 146 valence electrons. The first-order chi connectivity index (χ1) is 14.2. The van der Waals surface area contributed by atoms with Crippen molar-refractivity contribution in [2.24, 2.45) is 4.99 Å². The summed E-state index contributed by atoms with van der Waals surface area (Å²) in [5.74, 6) is 0.919. The van der Waals surface area contributed by atoms with Gasteiger partial charge < -0.3 is 4.74 Å². The maximum absolute atomic E-state index is 6.02. The van der Waals surface area contributed by atoms with E-state index in [1.165, 1.54) is 11.1 Å². The molecule has 0 bridgehead atoms. The van der Waals surface area contributed by atoms with Crippen LogP contribution in [0.15, 0.2) is 83.6 Å². The van der Waals surface area contributed by atoms with Crippen LogP contribution < -0.4 is 4.74 Å². The van der Waals surface area contributed by atoms with Crippen LogP contribution >= 0.6 is 0 Å². The molecule has 3 heteroatoms. The number of nitrogens with zero attached hydrogens (tertiary/aromatic N) is 2. The molecule has 0 N–H and O–H groups in total. The lowest BCUT2D eigenvalue weighted by molar-refractivity contribution is 0.243. The predicted octanol–water partition coefficient (Wildman–Crippen LogP) is 6.20. The summed E-state index contributed by atoms with van der Waals surface area (Å²) in [6.45, 7) is 4.99. The first-order valence-corrected chi connectivity index (χ1v) is 10.2. The van der Waals surface area contributed by atoms with E-state index in [9.17, 15) is 0 Å². The maximum atomic E-state index is 6.02. The molecular weight excluding hydrogens is 356 g/mol. The fraction of sp³-hybridized carbons (Fsp3) is 0.231. The van der Waals surface area contributed by atoms with Crippen molar-refractivity contribution in [1.29, 1.82) is 0 Å². The highest BCUT2D eigenvalue weighted by atomic mass is 16.5. The summed E-state index contributed by atoms with van der Waals surface area (Å²) in [7, 11) is 0. The van der Waals surface area contributed by atoms with Gasteiger partial charge >= 0.3 is 0 Å². The van der Waals surface area contributed by atoms with Crippen LogP contribution in [0, 0.1) is 0 Å². The number of allylic oxidation sites excluding steroid dienone is 1. The smallest absolute Gasteiger partial charge is 0.127 e. The molecule has 0 saturated heterocycles. The second-order valence-corrected chi connectivity index (χ2v) is 7.53. The number of para-hydroxylation sites is 1. The Balaban J connectivity index is 1.69. The number of aliphatic imine (C=N–C) groups is 1. The van der Waals surface area contributed by atoms with Gasteiger partial charge in [0.15, 0.2) is 0 Å². The molecule has 0 atom stereocenters. The minimum absolute atomic E-state index is 0.141. The highest BCUT2D eigenvalue weighted by molar-refractivity contribution is 6.15. The number of hydrogen-bond donors (Lipinski definition) is 0. The standard InChI is InChI=1S/C26H26N2O/c1-19(2)29-25-13-4-3-12-24(25)21-9-5-8-20(16-21)17-22-10-7-15-28-26(22)23-11-6-14-27-18-23/h3-6,8-9,11-14,16-19H,7,10,15H2,1-2H3/b22-17+. The van der Waals surface area contributed by atoms with Crippen molar-refractivity contribution in [3.63, 3.8) is 0 Å². The van der Waals surface area contributed by atoms with Crippen LogP contribution in [0.4, 0.5) is 0 Å². The molecule has 0 fully saturated rings. The molecule has 29 heavy (non-hydrogen) atoms. The van der Waals surface area contributed by atoms with Crippen LogP contribution in [0.2, 0.25) is 0 Å². The van der Waals surface area contributed by atoms with Gasteiger partial charge in [-0.15, -0.1) is 0 Å². The van der Waals surface area contributed by atoms with Gasteiger partial charge in [-0.25, -0.2) is 0 Å². The Kier molecular flexibility index (Phi) is 5.85. The Bertz CT molecular complexity index is 1040. The molecule has 0 saturated carbocycles. The number of aromatic nitrogens is 1. The molecule has 2 aromatic carbocycles. The molecule has 0 spiro atoms. The summed E-state index contributed by atoms with van der Waals surface area (Å²) in [6, 6.07) is 20.9. The lowest BCUT2D eigenvalue weighted by Gasteiger charge is -2.17. The number of rotatable bonds is 5. The summed E-state index contributed by atoms with van der Waals surface area (Å²) in [6.07, 6.45) is 8.22. The zero-order valence-electron chi connectivity index (χ0n) is 17.0. The van der Waals surface area contributed by atoms with E-state index in [1.807, 2.05) is 24.4 Å². The zero-order valence-corrected chi connectivity index (χ0v) is 17.0. The highest BCUT2D eigenvalue weighted by Gasteiger charge is 2.14. The Morgan fingerprint density at radius 2 is 1.83 bits per heavy atom. The molecule has 1 aromatic heterocycles. The van der Waals surface area contributed by atoms with Gasteiger partial charge in [-0.05, 0) is 73.7 Å². The minimum atomic E-state index is 0.141. The SMILES string of the molecule is CC(C)Oc1ccccc1-c1cccc(/C=C2\CCCN=C2c2cccnc2)c1. The molecule has 0 radical (unpaired) electrons. The van der Waals surface area contributed by atoms with Crippen molar-refractivity contribution in [2.45, 2.75) is 32.8 Å². The molecule has 0 aliphatic carbocycles. The minimum Gasteiger partial charge on any atom is -0.490 e. The van der Waals surface area contributed by atoms with Crippen molar-refractivity contribution < 1.29 is 4.74 Å². The fourth-order valence-electron chi connectivity index (χ4n) is 3.66. The third kappa shape index (κ3) is 4.62. The van der Waals surface area contributed by atoms with E-state index in [0.717, 1.165) is 47.5 Å². The molecule has 0 unspecified atom stereocenters. The van der Waals surface area contributed by atoms with E-state index >= 15 is 0 Å². The summed E-state index contributed by atoms with van der Waals surface area (Å²) >= 11 is 0. The van der Waals surface area contributed by atoms with Crippen LogP contribution in [0.3, 0.4) is 0 Å². The number of ether oxygens (including phenoxy) is 1. The summed E-state index contributed by atoms with van der Waals surface area (Å²) < 4.78 is 6.02. The average Bonchev–Trinajstić information content (AvgIpc) is 2.75. The van der Waals surface area contributed by atoms with Gasteiger partial charge in [-0.2, -0.15) is 0 Å². The third-order valence-electron chi connectivity index (χ3n) is 4.90. The van der Waals surface area contributed by atoms with Crippen molar-refractivity contribution >= 4 is 11.8 Å². The Morgan fingerprint density at radius 1 is 0.966 bits per heavy atom. The maximum Gasteiger partial charge on any atom is 0.127 e. The average molecular weight is 383 g/mol. The van der Waals surface area contributed by atoms with Gasteiger partial charge in [0, 0.05) is 30.1 Å². The van der Waals surface area contributed by atoms with Crippen LogP contribution in [0.25, 0.3) is 17.2 Å². The molecular formula is C26H26N2O. The van der Waals surface area contributed by atoms with E-state index < -0.39 is 0 Å². The van der Waals surface area contributed by atoms with Crippen molar-refractivity contribution in [3.05, 3.63) is 89.8 Å². The van der Waals surface area contributed by atoms with Crippen LogP contribution in [-0.4, -0.2) is 23.3 Å². The lowest BCUT2D eigenvalue weighted by Crippen LogP contribution is -2.11. The van der Waals surface area contributed by atoms with Gasteiger partial charge in [-0.1, -0.05) is 36.4 Å². The number of pyridine rings is 1. The largest absolute Gasteiger partial charge is 0.490 e. The van der Waals surface area contributed by atoms with E-state index in [1.54, 1.807) is 6.20 Å². The van der Waals surface area contributed by atoms with Gasteiger partial charge in [-0.3, -0.25) is 9.98 Å². The Labute approximate surface area is 172 Å². The molecule has 2 heterocycles. The van der Waals surface area contributed by atoms with Crippen LogP contribution in [-0.2, 0) is 0 Å². The van der Waals surface area contributed by atoms with Gasteiger partial charge in [0.1, 0.15) is 5.75 Å². The number of benzene rings is 2. The normalized spacial score (nSPS) is 15.4. The first kappa shape index (κ1) is 19.1. The first-order valence-electron chi connectivity index (χ1n) is 10.2. The quantitative estimate of drug-likeness (QED) is 0.526. The fourth-order valence-corrected chi connectivity index (χ4v) is 3.66. The van der Waals surface area contributed by atoms with E-state index in [-0.39, 0.29) is 6.10 Å². The van der Waals surface area contributed by atoms with Crippen molar-refractivity contribution in [3.8, 4) is 16.9 Å². The summed E-state index contributed by atoms with van der Waals surface area (Å²) in [5, 5.41) is 0. The lowest BCUT2D eigenvalue weighted by atomic mass is 9.94. The van der Waals surface area contributed by atoms with Gasteiger partial charge in [0.05, 0.1) is 11.8 Å². The zero-order chi connectivity index (χ0) is 20.1. The van der Waals surface area contributed by atoms with Crippen molar-refractivity contribution in [2.75, 3.05) is 6.54 Å². The van der Waals surface area contributed by atoms with Crippen molar-refractivity contribution in [1.82, 2.24) is 4.98 Å². The molecule has 4 rings (SSSR count). The molecule has 3 aromatic rings. The summed E-state index contributed by atoms with van der Waals surface area (Å²) in [4.78, 5) is 9.06. The highest BCUT2D eigenvalue weighted by Crippen LogP contribution is 2.32. The topological polar surface area (TPSA) is 34.5 Å². The van der Waals surface area contributed by atoms with E-state index in [0.29, 0.717) is 0 Å². The van der Waals surface area contributed by atoms with E-state index in [2.05, 4.69) is 67.4 Å². The van der Waals surface area contributed by atoms with Crippen LogP contribution in [0.5, 0.6) is 5.75 Å². The third-order valence-corrected chi connectivity index (χ3v) is 4.90. The van der Waals surface area contributed by atoms with Gasteiger partial charge in [0.2, 0.25) is 0 Å². The summed E-state index contributed by atoms with van der Waals surface area (Å²) in [5.41, 5.74) is 6.88. The Morgan fingerprint density at radius 3 is 2.66 bits per heavy atom. The number of hydrogen-bond acceptors (Lipinski definition) is 3. The Hall–Kier alpha value is -3.20. The molecule has 1 aliphatic heterocycles. The monoisotopic (exact) mass is 382 g/mol. The molecule has 3 nitrogen and oxygen atoms in total. The predicted molar refractivity (Wildman–Crippen MR) is 120 cm³/mol.